The van der Waals surface area contributed by atoms with Gasteiger partial charge >= 0.3 is 12.1 Å². The Labute approximate surface area is 210 Å². The fourth-order valence-electron chi connectivity index (χ4n) is 4.93. The molecule has 35 heavy (non-hydrogen) atoms. The zero-order valence-corrected chi connectivity index (χ0v) is 20.3. The first kappa shape index (κ1) is 23.1. The Hall–Kier alpha value is -3.65. The third-order valence-corrected chi connectivity index (χ3v) is 7.28. The number of amides is 2. The lowest BCUT2D eigenvalue weighted by Gasteiger charge is -2.22. The summed E-state index contributed by atoms with van der Waals surface area (Å²) in [4.78, 5) is 38.5. The molecule has 3 aromatic carbocycles. The second-order valence-electron chi connectivity index (χ2n) is 8.64. The molecule has 1 saturated heterocycles. The van der Waals surface area contributed by atoms with E-state index >= 15 is 0 Å². The molecule has 7 nitrogen and oxygen atoms in total. The zero-order valence-electron chi connectivity index (χ0n) is 18.7. The van der Waals surface area contributed by atoms with E-state index in [1.165, 1.54) is 11.0 Å². The van der Waals surface area contributed by atoms with Crippen molar-refractivity contribution in [2.45, 2.75) is 24.8 Å². The molecule has 1 aliphatic carbocycles. The van der Waals surface area contributed by atoms with Crippen molar-refractivity contribution in [1.82, 2.24) is 4.90 Å². The minimum atomic E-state index is -1.01. The Kier molecular flexibility index (Phi) is 6.30. The van der Waals surface area contributed by atoms with Gasteiger partial charge in [-0.2, -0.15) is 0 Å². The number of halogens is 1. The monoisotopic (exact) mass is 534 g/mol. The number of carbonyl (C=O) groups excluding carboxylic acids is 2. The molecule has 0 radical (unpaired) electrons. The van der Waals surface area contributed by atoms with E-state index < -0.39 is 18.1 Å². The van der Waals surface area contributed by atoms with Crippen molar-refractivity contribution >= 4 is 39.6 Å². The van der Waals surface area contributed by atoms with Crippen molar-refractivity contribution in [3.8, 4) is 11.1 Å². The molecule has 5 rings (SSSR count). The molecule has 178 valence electrons. The molecule has 2 amide bonds. The van der Waals surface area contributed by atoms with Crippen LogP contribution in [-0.2, 0) is 9.53 Å². The molecule has 0 saturated carbocycles. The standard InChI is InChI=1S/C27H23BrN2O5/c28-22-12-11-16(25(31)30-13-5-10-24(30)26(32)33)14-23(22)29-27(34)35-15-21-19-8-3-1-6-17(19)18-7-2-4-9-20(18)21/h1-4,6-9,11-12,14,21,24H,5,10,13,15H2,(H,29,34)(H,32,33)/t24-/m0/s1. The van der Waals surface area contributed by atoms with E-state index in [-0.39, 0.29) is 18.4 Å². The van der Waals surface area contributed by atoms with E-state index in [0.717, 1.165) is 22.3 Å². The second kappa shape index (κ2) is 9.54. The number of ether oxygens (including phenoxy) is 1. The summed E-state index contributed by atoms with van der Waals surface area (Å²) in [7, 11) is 0. The molecule has 3 aromatic rings. The van der Waals surface area contributed by atoms with Gasteiger partial charge in [0, 0.05) is 22.5 Å². The van der Waals surface area contributed by atoms with Crippen molar-refractivity contribution in [3.63, 3.8) is 0 Å². The minimum absolute atomic E-state index is 0.0624. The highest BCUT2D eigenvalue weighted by atomic mass is 79.9. The number of nitrogens with zero attached hydrogens (tertiary/aromatic N) is 1. The maximum absolute atomic E-state index is 12.9. The molecular weight excluding hydrogens is 512 g/mol. The lowest BCUT2D eigenvalue weighted by Crippen LogP contribution is -2.40. The summed E-state index contributed by atoms with van der Waals surface area (Å²) >= 11 is 3.40. The van der Waals surface area contributed by atoms with Gasteiger partial charge in [-0.3, -0.25) is 10.1 Å². The van der Waals surface area contributed by atoms with Crippen LogP contribution in [0.3, 0.4) is 0 Å². The van der Waals surface area contributed by atoms with Crippen LogP contribution in [0, 0.1) is 0 Å². The van der Waals surface area contributed by atoms with E-state index in [1.54, 1.807) is 12.1 Å². The topological polar surface area (TPSA) is 95.9 Å². The summed E-state index contributed by atoms with van der Waals surface area (Å²) in [5.41, 5.74) is 5.21. The third-order valence-electron chi connectivity index (χ3n) is 6.59. The van der Waals surface area contributed by atoms with E-state index in [0.29, 0.717) is 35.1 Å². The number of aliphatic carboxylic acids is 1. The van der Waals surface area contributed by atoms with Crippen LogP contribution in [0.15, 0.2) is 71.2 Å². The smallest absolute Gasteiger partial charge is 0.411 e. The van der Waals surface area contributed by atoms with Crippen molar-refractivity contribution in [2.75, 3.05) is 18.5 Å². The van der Waals surface area contributed by atoms with Crippen molar-refractivity contribution in [1.29, 1.82) is 0 Å². The van der Waals surface area contributed by atoms with Gasteiger partial charge in [-0.25, -0.2) is 9.59 Å². The largest absolute Gasteiger partial charge is 0.480 e. The second-order valence-corrected chi connectivity index (χ2v) is 9.49. The number of likely N-dealkylation sites (tertiary alicyclic amines) is 1. The number of nitrogens with one attached hydrogen (secondary N) is 1. The molecule has 0 unspecified atom stereocenters. The van der Waals surface area contributed by atoms with Crippen molar-refractivity contribution < 1.29 is 24.2 Å². The van der Waals surface area contributed by atoms with E-state index in [4.69, 9.17) is 4.74 Å². The van der Waals surface area contributed by atoms with Crippen LogP contribution in [0.25, 0.3) is 11.1 Å². The summed E-state index contributed by atoms with van der Waals surface area (Å²) in [6.45, 7) is 0.561. The highest BCUT2D eigenvalue weighted by molar-refractivity contribution is 9.10. The molecule has 8 heteroatoms. The van der Waals surface area contributed by atoms with Crippen LogP contribution >= 0.6 is 15.9 Å². The first-order chi connectivity index (χ1) is 16.9. The Balaban J connectivity index is 1.29. The Morgan fingerprint density at radius 3 is 2.31 bits per heavy atom. The highest BCUT2D eigenvalue weighted by Gasteiger charge is 2.34. The minimum Gasteiger partial charge on any atom is -0.480 e. The molecule has 2 aliphatic rings. The number of hydrogen-bond acceptors (Lipinski definition) is 4. The van der Waals surface area contributed by atoms with Crippen LogP contribution in [0.5, 0.6) is 0 Å². The molecule has 1 aliphatic heterocycles. The summed E-state index contributed by atoms with van der Waals surface area (Å²) < 4.78 is 6.19. The number of hydrogen-bond donors (Lipinski definition) is 2. The van der Waals surface area contributed by atoms with Gasteiger partial charge in [-0.05, 0) is 69.2 Å². The van der Waals surface area contributed by atoms with Crippen LogP contribution in [0.4, 0.5) is 10.5 Å². The summed E-state index contributed by atoms with van der Waals surface area (Å²) in [5, 5.41) is 12.1. The van der Waals surface area contributed by atoms with Gasteiger partial charge in [0.05, 0.1) is 5.69 Å². The number of carboxylic acids is 1. The number of carboxylic acid groups (broad SMARTS) is 1. The maximum Gasteiger partial charge on any atom is 0.411 e. The predicted molar refractivity (Wildman–Crippen MR) is 135 cm³/mol. The van der Waals surface area contributed by atoms with Crippen LogP contribution < -0.4 is 5.32 Å². The van der Waals surface area contributed by atoms with Crippen molar-refractivity contribution in [2.24, 2.45) is 0 Å². The molecule has 1 fully saturated rings. The highest BCUT2D eigenvalue weighted by Crippen LogP contribution is 2.44. The Morgan fingerprint density at radius 2 is 1.66 bits per heavy atom. The quantitative estimate of drug-likeness (QED) is 0.450. The number of anilines is 1. The molecule has 1 heterocycles. The fourth-order valence-corrected chi connectivity index (χ4v) is 5.28. The SMILES string of the molecule is O=C(Nc1cc(C(=O)N2CCC[C@H]2C(=O)O)ccc1Br)OCC1c2ccccc2-c2ccccc21. The first-order valence-corrected chi connectivity index (χ1v) is 12.2. The van der Waals surface area contributed by atoms with Gasteiger partial charge < -0.3 is 14.7 Å². The summed E-state index contributed by atoms with van der Waals surface area (Å²) in [6, 6.07) is 20.2. The average molecular weight is 535 g/mol. The molecular formula is C27H23BrN2O5. The fraction of sp³-hybridized carbons (Fsp3) is 0.222. The van der Waals surface area contributed by atoms with Gasteiger partial charge in [-0.1, -0.05) is 48.5 Å². The van der Waals surface area contributed by atoms with Gasteiger partial charge in [0.1, 0.15) is 12.6 Å². The van der Waals surface area contributed by atoms with Gasteiger partial charge in [0.15, 0.2) is 0 Å². The lowest BCUT2D eigenvalue weighted by molar-refractivity contribution is -0.141. The number of benzene rings is 3. The molecule has 0 bridgehead atoms. The number of fused-ring (bicyclic) bond motifs is 3. The molecule has 0 aromatic heterocycles. The van der Waals surface area contributed by atoms with Gasteiger partial charge in [0.25, 0.3) is 5.91 Å². The molecule has 1 atom stereocenters. The first-order valence-electron chi connectivity index (χ1n) is 11.4. The number of rotatable bonds is 5. The van der Waals surface area contributed by atoms with Crippen LogP contribution in [-0.4, -0.2) is 47.2 Å². The van der Waals surface area contributed by atoms with E-state index in [1.807, 2.05) is 24.3 Å². The maximum atomic E-state index is 12.9. The molecule has 2 N–H and O–H groups in total. The van der Waals surface area contributed by atoms with E-state index in [2.05, 4.69) is 45.5 Å². The third kappa shape index (κ3) is 4.41. The van der Waals surface area contributed by atoms with Crippen LogP contribution in [0.2, 0.25) is 0 Å². The zero-order chi connectivity index (χ0) is 24.5. The Morgan fingerprint density at radius 1 is 1.00 bits per heavy atom. The normalized spacial score (nSPS) is 16.5. The van der Waals surface area contributed by atoms with Crippen LogP contribution in [0.1, 0.15) is 40.2 Å². The Bertz CT molecular complexity index is 1280. The lowest BCUT2D eigenvalue weighted by atomic mass is 9.98. The van der Waals surface area contributed by atoms with E-state index in [9.17, 15) is 19.5 Å². The van der Waals surface area contributed by atoms with Gasteiger partial charge in [-0.15, -0.1) is 0 Å². The molecule has 0 spiro atoms. The van der Waals surface area contributed by atoms with Gasteiger partial charge in [0.2, 0.25) is 0 Å². The average Bonchev–Trinajstić information content (AvgIpc) is 3.47. The van der Waals surface area contributed by atoms with Crippen molar-refractivity contribution in [3.05, 3.63) is 87.9 Å². The predicted octanol–water partition coefficient (Wildman–Crippen LogP) is 5.50. The summed E-state index contributed by atoms with van der Waals surface area (Å²) in [5.74, 6) is -1.45. The summed E-state index contributed by atoms with van der Waals surface area (Å²) in [6.07, 6.45) is 0.439. The number of carbonyl (C=O) groups is 3.